The SMILES string of the molecule is CN(Cc1ccccc1)c1nc(-c2ccc(Cl)cc2Cl)nc2ccccc12.Cl. The van der Waals surface area contributed by atoms with Crippen LogP contribution < -0.4 is 4.90 Å². The van der Waals surface area contributed by atoms with Crippen LogP contribution in [0.3, 0.4) is 0 Å². The van der Waals surface area contributed by atoms with Crippen LogP contribution in [0.15, 0.2) is 72.8 Å². The third-order valence-electron chi connectivity index (χ3n) is 4.38. The van der Waals surface area contributed by atoms with Crippen molar-refractivity contribution in [2.75, 3.05) is 11.9 Å². The molecule has 3 nitrogen and oxygen atoms in total. The van der Waals surface area contributed by atoms with Gasteiger partial charge in [0.2, 0.25) is 0 Å². The monoisotopic (exact) mass is 429 g/mol. The number of para-hydroxylation sites is 1. The number of fused-ring (bicyclic) bond motifs is 1. The number of nitrogens with zero attached hydrogens (tertiary/aromatic N) is 3. The van der Waals surface area contributed by atoms with Crippen molar-refractivity contribution < 1.29 is 0 Å². The number of halogens is 3. The van der Waals surface area contributed by atoms with E-state index < -0.39 is 0 Å². The highest BCUT2D eigenvalue weighted by atomic mass is 35.5. The summed E-state index contributed by atoms with van der Waals surface area (Å²) in [5.74, 6) is 1.45. The van der Waals surface area contributed by atoms with Gasteiger partial charge in [0.1, 0.15) is 5.82 Å². The van der Waals surface area contributed by atoms with Crippen molar-refractivity contribution in [2.45, 2.75) is 6.54 Å². The first-order chi connectivity index (χ1) is 13.1. The molecule has 0 aliphatic rings. The normalized spacial score (nSPS) is 10.5. The zero-order chi connectivity index (χ0) is 18.8. The summed E-state index contributed by atoms with van der Waals surface area (Å²) >= 11 is 12.4. The first-order valence-corrected chi connectivity index (χ1v) is 9.34. The minimum Gasteiger partial charge on any atom is -0.355 e. The Morgan fingerprint density at radius 3 is 2.32 bits per heavy atom. The van der Waals surface area contributed by atoms with Crippen LogP contribution in [-0.2, 0) is 6.54 Å². The molecular formula is C22H18Cl3N3. The summed E-state index contributed by atoms with van der Waals surface area (Å²) < 4.78 is 0. The van der Waals surface area contributed by atoms with Crippen LogP contribution in [0.2, 0.25) is 10.0 Å². The van der Waals surface area contributed by atoms with E-state index in [1.54, 1.807) is 12.1 Å². The Kier molecular flexibility index (Phi) is 6.40. The molecule has 4 rings (SSSR count). The predicted molar refractivity (Wildman–Crippen MR) is 121 cm³/mol. The topological polar surface area (TPSA) is 29.0 Å². The van der Waals surface area contributed by atoms with Crippen LogP contribution >= 0.6 is 35.6 Å². The summed E-state index contributed by atoms with van der Waals surface area (Å²) in [5, 5.41) is 2.13. The van der Waals surface area contributed by atoms with E-state index in [0.717, 1.165) is 28.8 Å². The van der Waals surface area contributed by atoms with E-state index in [1.807, 2.05) is 55.6 Å². The summed E-state index contributed by atoms with van der Waals surface area (Å²) in [6, 6.07) is 23.7. The summed E-state index contributed by atoms with van der Waals surface area (Å²) in [4.78, 5) is 11.7. The van der Waals surface area contributed by atoms with Gasteiger partial charge in [-0.1, -0.05) is 65.7 Å². The van der Waals surface area contributed by atoms with E-state index in [0.29, 0.717) is 15.9 Å². The number of anilines is 1. The summed E-state index contributed by atoms with van der Waals surface area (Å²) in [6.45, 7) is 0.746. The van der Waals surface area contributed by atoms with Crippen LogP contribution in [0, 0.1) is 0 Å². The minimum atomic E-state index is 0. The molecule has 6 heteroatoms. The molecule has 0 saturated carbocycles. The standard InChI is InChI=1S/C22H17Cl2N3.ClH/c1-27(14-15-7-3-2-4-8-15)22-18-9-5-6-10-20(18)25-21(26-22)17-12-11-16(23)13-19(17)24;/h2-13H,14H2,1H3;1H. The van der Waals surface area contributed by atoms with Crippen molar-refractivity contribution in [1.82, 2.24) is 9.97 Å². The third kappa shape index (κ3) is 4.22. The van der Waals surface area contributed by atoms with Crippen LogP contribution in [0.4, 0.5) is 5.82 Å². The molecule has 0 aliphatic carbocycles. The van der Waals surface area contributed by atoms with Crippen molar-refractivity contribution >= 4 is 52.3 Å². The maximum Gasteiger partial charge on any atom is 0.163 e. The second kappa shape index (κ2) is 8.78. The molecule has 1 heterocycles. The lowest BCUT2D eigenvalue weighted by molar-refractivity contribution is 0.902. The number of rotatable bonds is 4. The molecule has 28 heavy (non-hydrogen) atoms. The first kappa shape index (κ1) is 20.4. The second-order valence-corrected chi connectivity index (χ2v) is 7.20. The van der Waals surface area contributed by atoms with E-state index in [9.17, 15) is 0 Å². The summed E-state index contributed by atoms with van der Waals surface area (Å²) in [5.41, 5.74) is 2.86. The van der Waals surface area contributed by atoms with E-state index in [1.165, 1.54) is 5.56 Å². The zero-order valence-electron chi connectivity index (χ0n) is 15.1. The molecule has 0 N–H and O–H groups in total. The zero-order valence-corrected chi connectivity index (χ0v) is 17.5. The van der Waals surface area contributed by atoms with Gasteiger partial charge in [0.25, 0.3) is 0 Å². The van der Waals surface area contributed by atoms with Gasteiger partial charge in [0, 0.05) is 29.6 Å². The fourth-order valence-electron chi connectivity index (χ4n) is 3.07. The first-order valence-electron chi connectivity index (χ1n) is 8.59. The van der Waals surface area contributed by atoms with Crippen molar-refractivity contribution in [1.29, 1.82) is 0 Å². The summed E-state index contributed by atoms with van der Waals surface area (Å²) in [7, 11) is 2.04. The molecule has 142 valence electrons. The molecular weight excluding hydrogens is 413 g/mol. The lowest BCUT2D eigenvalue weighted by atomic mass is 10.1. The van der Waals surface area contributed by atoms with E-state index >= 15 is 0 Å². The number of hydrogen-bond acceptors (Lipinski definition) is 3. The predicted octanol–water partition coefficient (Wildman–Crippen LogP) is 6.66. The third-order valence-corrected chi connectivity index (χ3v) is 4.93. The Labute approximate surface area is 180 Å². The van der Waals surface area contributed by atoms with Crippen LogP contribution in [0.1, 0.15) is 5.56 Å². The Morgan fingerprint density at radius 2 is 1.57 bits per heavy atom. The highest BCUT2D eigenvalue weighted by Crippen LogP contribution is 2.32. The molecule has 4 aromatic rings. The van der Waals surface area contributed by atoms with Crippen LogP contribution in [0.25, 0.3) is 22.3 Å². The molecule has 0 unspecified atom stereocenters. The fourth-order valence-corrected chi connectivity index (χ4v) is 3.57. The molecule has 3 aromatic carbocycles. The maximum atomic E-state index is 6.40. The smallest absolute Gasteiger partial charge is 0.163 e. The van der Waals surface area contributed by atoms with Crippen molar-refractivity contribution in [3.05, 3.63) is 88.4 Å². The molecule has 0 fully saturated rings. The average Bonchev–Trinajstić information content (AvgIpc) is 2.68. The van der Waals surface area contributed by atoms with Crippen molar-refractivity contribution in [3.63, 3.8) is 0 Å². The molecule has 0 radical (unpaired) electrons. The molecule has 0 bridgehead atoms. The van der Waals surface area contributed by atoms with Gasteiger partial charge >= 0.3 is 0 Å². The van der Waals surface area contributed by atoms with Gasteiger partial charge in [-0.3, -0.25) is 0 Å². The molecule has 0 aliphatic heterocycles. The van der Waals surface area contributed by atoms with Crippen molar-refractivity contribution in [3.8, 4) is 11.4 Å². The highest BCUT2D eigenvalue weighted by molar-refractivity contribution is 6.36. The molecule has 0 atom stereocenters. The maximum absolute atomic E-state index is 6.40. The van der Waals surface area contributed by atoms with Crippen molar-refractivity contribution in [2.24, 2.45) is 0 Å². The Hall–Kier alpha value is -2.33. The van der Waals surface area contributed by atoms with Gasteiger partial charge < -0.3 is 4.90 Å². The Balaban J connectivity index is 0.00000225. The van der Waals surface area contributed by atoms with Gasteiger partial charge in [0.05, 0.1) is 10.5 Å². The highest BCUT2D eigenvalue weighted by Gasteiger charge is 2.15. The van der Waals surface area contributed by atoms with E-state index in [-0.39, 0.29) is 12.4 Å². The van der Waals surface area contributed by atoms with Gasteiger partial charge in [-0.05, 0) is 35.9 Å². The Morgan fingerprint density at radius 1 is 0.857 bits per heavy atom. The fraction of sp³-hybridized carbons (Fsp3) is 0.0909. The van der Waals surface area contributed by atoms with Crippen LogP contribution in [-0.4, -0.2) is 17.0 Å². The second-order valence-electron chi connectivity index (χ2n) is 6.35. The largest absolute Gasteiger partial charge is 0.355 e. The van der Waals surface area contributed by atoms with Gasteiger partial charge in [-0.25, -0.2) is 9.97 Å². The molecule has 1 aromatic heterocycles. The average molecular weight is 431 g/mol. The lowest BCUT2D eigenvalue weighted by Gasteiger charge is -2.21. The number of aromatic nitrogens is 2. The Bertz CT molecular complexity index is 1100. The van der Waals surface area contributed by atoms with Gasteiger partial charge in [-0.15, -0.1) is 12.4 Å². The van der Waals surface area contributed by atoms with Crippen LogP contribution in [0.5, 0.6) is 0 Å². The lowest BCUT2D eigenvalue weighted by Crippen LogP contribution is -2.18. The molecule has 0 amide bonds. The molecule has 0 saturated heterocycles. The number of hydrogen-bond donors (Lipinski definition) is 0. The van der Waals surface area contributed by atoms with Gasteiger partial charge in [-0.2, -0.15) is 0 Å². The minimum absolute atomic E-state index is 0. The van der Waals surface area contributed by atoms with E-state index in [4.69, 9.17) is 33.2 Å². The summed E-state index contributed by atoms with van der Waals surface area (Å²) in [6.07, 6.45) is 0. The van der Waals surface area contributed by atoms with E-state index in [2.05, 4.69) is 17.0 Å². The van der Waals surface area contributed by atoms with Gasteiger partial charge in [0.15, 0.2) is 5.82 Å². The quantitative estimate of drug-likeness (QED) is 0.362. The number of benzene rings is 3. The molecule has 0 spiro atoms.